The van der Waals surface area contributed by atoms with Gasteiger partial charge in [-0.15, -0.1) is 0 Å². The number of benzene rings is 1. The van der Waals surface area contributed by atoms with Crippen LogP contribution in [0.1, 0.15) is 43.0 Å². The van der Waals surface area contributed by atoms with E-state index in [1.54, 1.807) is 24.3 Å². The molecule has 1 aromatic rings. The zero-order valence-electron chi connectivity index (χ0n) is 10.6. The van der Waals surface area contributed by atoms with Gasteiger partial charge in [-0.25, -0.2) is 8.42 Å². The van der Waals surface area contributed by atoms with E-state index in [1.807, 2.05) is 0 Å². The fourth-order valence-electron chi connectivity index (χ4n) is 1.63. The average Bonchev–Trinajstić information content (AvgIpc) is 2.35. The van der Waals surface area contributed by atoms with Crippen molar-refractivity contribution >= 4 is 22.0 Å². The predicted octanol–water partition coefficient (Wildman–Crippen LogP) is 2.82. The summed E-state index contributed by atoms with van der Waals surface area (Å²) in [5.74, 6) is 0.0974. The van der Waals surface area contributed by atoms with Crippen molar-refractivity contribution in [1.29, 1.82) is 0 Å². The standard InChI is InChI=1S/C13H19NO3S/c1-2-3-4-7-10-18(16,17)14-13-9-6-5-8-12(13)11-15/h5-6,8-9,11,14H,2-4,7,10H2,1H3. The molecule has 0 amide bonds. The van der Waals surface area contributed by atoms with Crippen LogP contribution in [0.25, 0.3) is 0 Å². The van der Waals surface area contributed by atoms with Gasteiger partial charge >= 0.3 is 0 Å². The van der Waals surface area contributed by atoms with E-state index in [-0.39, 0.29) is 5.75 Å². The number of hydrogen-bond donors (Lipinski definition) is 1. The van der Waals surface area contributed by atoms with Crippen LogP contribution in [-0.2, 0) is 10.0 Å². The number of aldehydes is 1. The summed E-state index contributed by atoms with van der Waals surface area (Å²) in [6.07, 6.45) is 4.32. The summed E-state index contributed by atoms with van der Waals surface area (Å²) in [5.41, 5.74) is 0.706. The monoisotopic (exact) mass is 269 g/mol. The summed E-state index contributed by atoms with van der Waals surface area (Å²) in [5, 5.41) is 0. The van der Waals surface area contributed by atoms with Crippen molar-refractivity contribution in [1.82, 2.24) is 0 Å². The number of nitrogens with one attached hydrogen (secondary N) is 1. The second kappa shape index (κ2) is 7.16. The first-order valence-corrected chi connectivity index (χ1v) is 7.79. The Morgan fingerprint density at radius 3 is 2.56 bits per heavy atom. The summed E-state index contributed by atoms with van der Waals surface area (Å²) in [4.78, 5) is 10.8. The SMILES string of the molecule is CCCCCCS(=O)(=O)Nc1ccccc1C=O. The van der Waals surface area contributed by atoms with Crippen LogP contribution in [0.4, 0.5) is 5.69 Å². The van der Waals surface area contributed by atoms with Crippen molar-refractivity contribution < 1.29 is 13.2 Å². The highest BCUT2D eigenvalue weighted by Crippen LogP contribution is 2.15. The summed E-state index contributed by atoms with van der Waals surface area (Å²) in [7, 11) is -3.36. The maximum absolute atomic E-state index is 11.8. The van der Waals surface area contributed by atoms with E-state index in [0.717, 1.165) is 19.3 Å². The van der Waals surface area contributed by atoms with E-state index in [0.29, 0.717) is 24.0 Å². The Bertz CT molecular complexity index is 483. The largest absolute Gasteiger partial charge is 0.298 e. The van der Waals surface area contributed by atoms with Gasteiger partial charge in [-0.3, -0.25) is 9.52 Å². The van der Waals surface area contributed by atoms with Crippen LogP contribution in [0.3, 0.4) is 0 Å². The molecule has 0 unspecified atom stereocenters. The van der Waals surface area contributed by atoms with Crippen molar-refractivity contribution in [3.63, 3.8) is 0 Å². The van der Waals surface area contributed by atoms with Gasteiger partial charge in [0.15, 0.2) is 6.29 Å². The molecule has 0 atom stereocenters. The van der Waals surface area contributed by atoms with E-state index in [2.05, 4.69) is 11.6 Å². The summed E-state index contributed by atoms with van der Waals surface area (Å²) in [6, 6.07) is 6.57. The van der Waals surface area contributed by atoms with Crippen LogP contribution in [0.5, 0.6) is 0 Å². The van der Waals surface area contributed by atoms with Crippen LogP contribution < -0.4 is 4.72 Å². The third kappa shape index (κ3) is 4.87. The molecule has 5 heteroatoms. The second-order valence-corrected chi connectivity index (χ2v) is 6.03. The highest BCUT2D eigenvalue weighted by molar-refractivity contribution is 7.92. The number of hydrogen-bond acceptors (Lipinski definition) is 3. The fourth-order valence-corrected chi connectivity index (χ4v) is 2.84. The number of unbranched alkanes of at least 4 members (excludes halogenated alkanes) is 3. The molecule has 0 fully saturated rings. The molecule has 0 bridgehead atoms. The van der Waals surface area contributed by atoms with Gasteiger partial charge in [0, 0.05) is 5.56 Å². The third-order valence-corrected chi connectivity index (χ3v) is 3.98. The molecule has 0 aliphatic heterocycles. The minimum atomic E-state index is -3.36. The Morgan fingerprint density at radius 2 is 1.89 bits per heavy atom. The molecule has 0 saturated heterocycles. The third-order valence-electron chi connectivity index (χ3n) is 2.62. The first-order chi connectivity index (χ1) is 8.59. The van der Waals surface area contributed by atoms with Crippen LogP contribution >= 0.6 is 0 Å². The van der Waals surface area contributed by atoms with E-state index in [1.165, 1.54) is 0 Å². The molecule has 0 aliphatic carbocycles. The number of anilines is 1. The average molecular weight is 269 g/mol. The van der Waals surface area contributed by atoms with Gasteiger partial charge in [-0.2, -0.15) is 0 Å². The molecule has 1 N–H and O–H groups in total. The molecule has 0 aromatic heterocycles. The van der Waals surface area contributed by atoms with Crippen molar-refractivity contribution in [2.45, 2.75) is 32.6 Å². The van der Waals surface area contributed by atoms with Crippen molar-refractivity contribution in [2.24, 2.45) is 0 Å². The van der Waals surface area contributed by atoms with Gasteiger partial charge in [0.2, 0.25) is 10.0 Å². The second-order valence-electron chi connectivity index (χ2n) is 4.19. The van der Waals surface area contributed by atoms with Gasteiger partial charge in [0.25, 0.3) is 0 Å². The Balaban J connectivity index is 2.62. The number of para-hydroxylation sites is 1. The topological polar surface area (TPSA) is 63.2 Å². The van der Waals surface area contributed by atoms with Crippen molar-refractivity contribution in [3.05, 3.63) is 29.8 Å². The molecular formula is C13H19NO3S. The zero-order valence-corrected chi connectivity index (χ0v) is 11.4. The van der Waals surface area contributed by atoms with Gasteiger partial charge in [-0.05, 0) is 18.6 Å². The van der Waals surface area contributed by atoms with Crippen molar-refractivity contribution in [2.75, 3.05) is 10.5 Å². The molecule has 100 valence electrons. The molecule has 0 heterocycles. The molecule has 0 radical (unpaired) electrons. The number of carbonyl (C=O) groups excluding carboxylic acids is 1. The van der Waals surface area contributed by atoms with Gasteiger partial charge < -0.3 is 0 Å². The first-order valence-electron chi connectivity index (χ1n) is 6.13. The minimum absolute atomic E-state index is 0.0974. The predicted molar refractivity (Wildman–Crippen MR) is 73.4 cm³/mol. The lowest BCUT2D eigenvalue weighted by Gasteiger charge is -2.09. The molecule has 4 nitrogen and oxygen atoms in total. The summed E-state index contributed by atoms with van der Waals surface area (Å²) < 4.78 is 26.1. The van der Waals surface area contributed by atoms with Crippen LogP contribution in [-0.4, -0.2) is 20.5 Å². The highest BCUT2D eigenvalue weighted by Gasteiger charge is 2.11. The van der Waals surface area contributed by atoms with Crippen LogP contribution in [0, 0.1) is 0 Å². The number of rotatable bonds is 8. The first kappa shape index (κ1) is 14.7. The van der Waals surface area contributed by atoms with Gasteiger partial charge in [0.05, 0.1) is 11.4 Å². The quantitative estimate of drug-likeness (QED) is 0.583. The van der Waals surface area contributed by atoms with E-state index in [9.17, 15) is 13.2 Å². The molecule has 0 saturated carbocycles. The molecule has 0 aliphatic rings. The van der Waals surface area contributed by atoms with E-state index in [4.69, 9.17) is 0 Å². The lowest BCUT2D eigenvalue weighted by molar-refractivity contribution is 0.112. The maximum Gasteiger partial charge on any atom is 0.232 e. The summed E-state index contributed by atoms with van der Waals surface area (Å²) >= 11 is 0. The van der Waals surface area contributed by atoms with E-state index < -0.39 is 10.0 Å². The van der Waals surface area contributed by atoms with E-state index >= 15 is 0 Å². The summed E-state index contributed by atoms with van der Waals surface area (Å²) in [6.45, 7) is 2.08. The Kier molecular flexibility index (Phi) is 5.85. The van der Waals surface area contributed by atoms with Crippen LogP contribution in [0.15, 0.2) is 24.3 Å². The molecule has 1 aromatic carbocycles. The molecular weight excluding hydrogens is 250 g/mol. The zero-order chi connectivity index (χ0) is 13.4. The maximum atomic E-state index is 11.8. The highest BCUT2D eigenvalue weighted by atomic mass is 32.2. The smallest absolute Gasteiger partial charge is 0.232 e. The van der Waals surface area contributed by atoms with Crippen molar-refractivity contribution in [3.8, 4) is 0 Å². The van der Waals surface area contributed by atoms with Crippen LogP contribution in [0.2, 0.25) is 0 Å². The molecule has 0 spiro atoms. The lowest BCUT2D eigenvalue weighted by Crippen LogP contribution is -2.17. The Morgan fingerprint density at radius 1 is 1.17 bits per heavy atom. The lowest BCUT2D eigenvalue weighted by atomic mass is 10.2. The molecule has 1 rings (SSSR count). The minimum Gasteiger partial charge on any atom is -0.298 e. The number of carbonyl (C=O) groups is 1. The Hall–Kier alpha value is -1.36. The normalized spacial score (nSPS) is 11.2. The molecule has 18 heavy (non-hydrogen) atoms. The number of sulfonamides is 1. The van der Waals surface area contributed by atoms with Gasteiger partial charge in [-0.1, -0.05) is 38.3 Å². The Labute approximate surface area is 108 Å². The van der Waals surface area contributed by atoms with Gasteiger partial charge in [0.1, 0.15) is 0 Å². The fraction of sp³-hybridized carbons (Fsp3) is 0.462.